The van der Waals surface area contributed by atoms with E-state index in [4.69, 9.17) is 4.74 Å². The van der Waals surface area contributed by atoms with Crippen molar-refractivity contribution in [3.63, 3.8) is 0 Å². The smallest absolute Gasteiger partial charge is 0.323 e. The lowest BCUT2D eigenvalue weighted by atomic mass is 10.2. The fraction of sp³-hybridized carbons (Fsp3) is 0.875. The molecule has 2 heterocycles. The van der Waals surface area contributed by atoms with E-state index in [0.717, 1.165) is 13.0 Å². The van der Waals surface area contributed by atoms with Crippen LogP contribution in [0.5, 0.6) is 0 Å². The van der Waals surface area contributed by atoms with Crippen LogP contribution in [0, 0.1) is 0 Å². The Morgan fingerprint density at radius 3 is 2.91 bits per heavy atom. The average Bonchev–Trinajstić information content (AvgIpc) is 2.63. The monoisotopic (exact) mass is 155 g/mol. The standard InChI is InChI=1S/C8H13NO2/c1-2-11-8(10)7-4-3-6-5-9(6)7/h6-7H,2-5H2,1H3. The Morgan fingerprint density at radius 1 is 1.64 bits per heavy atom. The number of hydrogen-bond donors (Lipinski definition) is 0. The molecule has 0 saturated carbocycles. The second-order valence-corrected chi connectivity index (χ2v) is 3.20. The summed E-state index contributed by atoms with van der Waals surface area (Å²) in [4.78, 5) is 13.4. The summed E-state index contributed by atoms with van der Waals surface area (Å²) in [5, 5.41) is 0. The third-order valence-corrected chi connectivity index (χ3v) is 2.49. The minimum Gasteiger partial charge on any atom is -0.465 e. The quantitative estimate of drug-likeness (QED) is 0.427. The number of fused-ring (bicyclic) bond motifs is 1. The molecule has 3 nitrogen and oxygen atoms in total. The summed E-state index contributed by atoms with van der Waals surface area (Å²) in [5.74, 6) is -0.0208. The number of carbonyl (C=O) groups excluding carboxylic acids is 1. The topological polar surface area (TPSA) is 29.3 Å². The van der Waals surface area contributed by atoms with Crippen LogP contribution >= 0.6 is 0 Å². The van der Waals surface area contributed by atoms with Gasteiger partial charge in [-0.2, -0.15) is 0 Å². The first-order chi connectivity index (χ1) is 5.33. The Hall–Kier alpha value is -0.570. The summed E-state index contributed by atoms with van der Waals surface area (Å²) in [5.41, 5.74) is 0. The molecule has 2 aliphatic heterocycles. The molecule has 0 spiro atoms. The molecule has 3 heteroatoms. The number of piperidine rings is 1. The zero-order valence-corrected chi connectivity index (χ0v) is 6.75. The number of nitrogens with zero attached hydrogens (tertiary/aromatic N) is 1. The van der Waals surface area contributed by atoms with Crippen molar-refractivity contribution < 1.29 is 9.53 Å². The highest BCUT2D eigenvalue weighted by Crippen LogP contribution is 2.35. The molecule has 11 heavy (non-hydrogen) atoms. The molecule has 0 amide bonds. The number of ether oxygens (including phenoxy) is 1. The lowest BCUT2D eigenvalue weighted by molar-refractivity contribution is -0.147. The highest BCUT2D eigenvalue weighted by Gasteiger charge is 2.48. The molecular formula is C8H13NO2. The first-order valence-electron chi connectivity index (χ1n) is 4.25. The molecule has 2 fully saturated rings. The van der Waals surface area contributed by atoms with Crippen molar-refractivity contribution in [2.45, 2.75) is 31.8 Å². The maximum atomic E-state index is 11.2. The fourth-order valence-electron chi connectivity index (χ4n) is 1.84. The van der Waals surface area contributed by atoms with Crippen LogP contribution in [-0.4, -0.2) is 36.1 Å². The van der Waals surface area contributed by atoms with Gasteiger partial charge in [0.2, 0.25) is 0 Å². The van der Waals surface area contributed by atoms with E-state index in [1.807, 2.05) is 6.92 Å². The van der Waals surface area contributed by atoms with Gasteiger partial charge in [0.15, 0.2) is 0 Å². The van der Waals surface area contributed by atoms with Gasteiger partial charge in [0.05, 0.1) is 6.61 Å². The van der Waals surface area contributed by atoms with Crippen molar-refractivity contribution >= 4 is 5.97 Å². The van der Waals surface area contributed by atoms with Gasteiger partial charge in [0, 0.05) is 12.6 Å². The molecule has 62 valence electrons. The summed E-state index contributed by atoms with van der Waals surface area (Å²) in [6.45, 7) is 3.48. The van der Waals surface area contributed by atoms with Crippen molar-refractivity contribution in [1.82, 2.24) is 4.90 Å². The summed E-state index contributed by atoms with van der Waals surface area (Å²) >= 11 is 0. The van der Waals surface area contributed by atoms with E-state index in [2.05, 4.69) is 4.90 Å². The highest BCUT2D eigenvalue weighted by atomic mass is 16.5. The number of rotatable bonds is 2. The first-order valence-corrected chi connectivity index (χ1v) is 4.25. The molecule has 0 radical (unpaired) electrons. The van der Waals surface area contributed by atoms with Crippen molar-refractivity contribution in [1.29, 1.82) is 0 Å². The lowest BCUT2D eigenvalue weighted by Gasteiger charge is -2.10. The third kappa shape index (κ3) is 1.13. The van der Waals surface area contributed by atoms with Gasteiger partial charge in [-0.15, -0.1) is 0 Å². The van der Waals surface area contributed by atoms with E-state index < -0.39 is 0 Å². The molecule has 3 atom stereocenters. The fourth-order valence-corrected chi connectivity index (χ4v) is 1.84. The average molecular weight is 155 g/mol. The molecule has 0 aromatic rings. The van der Waals surface area contributed by atoms with Crippen molar-refractivity contribution in [3.05, 3.63) is 0 Å². The van der Waals surface area contributed by atoms with Gasteiger partial charge in [-0.1, -0.05) is 0 Å². The van der Waals surface area contributed by atoms with Crippen LogP contribution in [0.3, 0.4) is 0 Å². The molecule has 0 aromatic heterocycles. The van der Waals surface area contributed by atoms with Crippen molar-refractivity contribution in [3.8, 4) is 0 Å². The third-order valence-electron chi connectivity index (χ3n) is 2.49. The van der Waals surface area contributed by atoms with Crippen molar-refractivity contribution in [2.24, 2.45) is 0 Å². The minimum absolute atomic E-state index is 0.0208. The van der Waals surface area contributed by atoms with Gasteiger partial charge in [-0.05, 0) is 19.8 Å². The summed E-state index contributed by atoms with van der Waals surface area (Å²) in [6, 6.07) is 0.810. The predicted molar refractivity (Wildman–Crippen MR) is 40.1 cm³/mol. The van der Waals surface area contributed by atoms with E-state index in [0.29, 0.717) is 12.6 Å². The van der Waals surface area contributed by atoms with Gasteiger partial charge < -0.3 is 4.74 Å². The van der Waals surface area contributed by atoms with Crippen LogP contribution in [-0.2, 0) is 9.53 Å². The predicted octanol–water partition coefficient (Wildman–Crippen LogP) is 0.396. The molecular weight excluding hydrogens is 142 g/mol. The molecule has 2 saturated heterocycles. The Bertz CT molecular complexity index is 181. The van der Waals surface area contributed by atoms with Gasteiger partial charge in [0.25, 0.3) is 0 Å². The largest absolute Gasteiger partial charge is 0.465 e. The zero-order valence-electron chi connectivity index (χ0n) is 6.75. The molecule has 0 bridgehead atoms. The van der Waals surface area contributed by atoms with Crippen molar-refractivity contribution in [2.75, 3.05) is 13.2 Å². The van der Waals surface area contributed by atoms with Crippen LogP contribution in [0.2, 0.25) is 0 Å². The lowest BCUT2D eigenvalue weighted by Crippen LogP contribution is -2.28. The van der Waals surface area contributed by atoms with Gasteiger partial charge in [-0.3, -0.25) is 9.69 Å². The molecule has 0 N–H and O–H groups in total. The van der Waals surface area contributed by atoms with E-state index >= 15 is 0 Å². The van der Waals surface area contributed by atoms with Gasteiger partial charge in [0.1, 0.15) is 6.04 Å². The summed E-state index contributed by atoms with van der Waals surface area (Å²) in [7, 11) is 0. The second kappa shape index (κ2) is 2.48. The Balaban J connectivity index is 1.89. The van der Waals surface area contributed by atoms with E-state index in [9.17, 15) is 4.79 Å². The maximum absolute atomic E-state index is 11.2. The highest BCUT2D eigenvalue weighted by molar-refractivity contribution is 5.76. The Kier molecular flexibility index (Phi) is 1.60. The maximum Gasteiger partial charge on any atom is 0.323 e. The van der Waals surface area contributed by atoms with Crippen LogP contribution in [0.1, 0.15) is 19.8 Å². The normalized spacial score (nSPS) is 39.9. The van der Waals surface area contributed by atoms with Crippen LogP contribution in [0.15, 0.2) is 0 Å². The van der Waals surface area contributed by atoms with Gasteiger partial charge in [-0.25, -0.2) is 0 Å². The molecule has 0 aromatic carbocycles. The Labute approximate surface area is 66.3 Å². The van der Waals surface area contributed by atoms with Crippen LogP contribution in [0.4, 0.5) is 0 Å². The summed E-state index contributed by atoms with van der Waals surface area (Å²) in [6.07, 6.45) is 2.19. The minimum atomic E-state index is -0.0208. The molecule has 2 rings (SSSR count). The molecule has 0 aliphatic carbocycles. The van der Waals surface area contributed by atoms with Gasteiger partial charge >= 0.3 is 5.97 Å². The molecule has 3 unspecified atom stereocenters. The molecule has 2 aliphatic rings. The van der Waals surface area contributed by atoms with E-state index in [1.54, 1.807) is 0 Å². The van der Waals surface area contributed by atoms with E-state index in [1.165, 1.54) is 6.42 Å². The second-order valence-electron chi connectivity index (χ2n) is 3.20. The van der Waals surface area contributed by atoms with Crippen LogP contribution < -0.4 is 0 Å². The summed E-state index contributed by atoms with van der Waals surface area (Å²) < 4.78 is 4.94. The first kappa shape index (κ1) is 7.10. The van der Waals surface area contributed by atoms with E-state index in [-0.39, 0.29) is 12.0 Å². The Morgan fingerprint density at radius 2 is 2.45 bits per heavy atom. The number of carbonyl (C=O) groups is 1. The SMILES string of the molecule is CCOC(=O)C1CCC2CN21. The number of hydrogen-bond acceptors (Lipinski definition) is 3. The van der Waals surface area contributed by atoms with Crippen LogP contribution in [0.25, 0.3) is 0 Å². The number of esters is 1. The zero-order chi connectivity index (χ0) is 7.84.